The highest BCUT2D eigenvalue weighted by molar-refractivity contribution is 5.74. The summed E-state index contributed by atoms with van der Waals surface area (Å²) in [7, 11) is 1.61. The third-order valence-electron chi connectivity index (χ3n) is 3.19. The van der Waals surface area contributed by atoms with E-state index >= 15 is 0 Å². The Morgan fingerprint density at radius 1 is 1.38 bits per heavy atom. The summed E-state index contributed by atoms with van der Waals surface area (Å²) >= 11 is 0. The molecule has 0 radical (unpaired) electrons. The number of hydrogen-bond acceptors (Lipinski definition) is 3. The van der Waals surface area contributed by atoms with E-state index in [9.17, 15) is 9.90 Å². The molecule has 0 fully saturated rings. The summed E-state index contributed by atoms with van der Waals surface area (Å²) in [5.41, 5.74) is 2.03. The van der Waals surface area contributed by atoms with Gasteiger partial charge in [0.2, 0.25) is 0 Å². The van der Waals surface area contributed by atoms with E-state index in [0.717, 1.165) is 23.3 Å². The Morgan fingerprint density at radius 3 is 2.67 bits per heavy atom. The zero-order chi connectivity index (χ0) is 15.8. The lowest BCUT2D eigenvalue weighted by atomic mass is 10.0. The Kier molecular flexibility index (Phi) is 7.02. The quantitative estimate of drug-likeness (QED) is 0.722. The molecular weight excluding hydrogens is 268 g/mol. The number of amides is 2. The first kappa shape index (κ1) is 17.3. The summed E-state index contributed by atoms with van der Waals surface area (Å²) in [5.74, 6) is 1.18. The van der Waals surface area contributed by atoms with Gasteiger partial charge < -0.3 is 20.5 Å². The Morgan fingerprint density at radius 2 is 2.10 bits per heavy atom. The molecular formula is C16H26N2O3. The van der Waals surface area contributed by atoms with Crippen LogP contribution in [0.2, 0.25) is 0 Å². The molecule has 0 aromatic heterocycles. The van der Waals surface area contributed by atoms with Crippen molar-refractivity contribution in [3.05, 3.63) is 29.3 Å². The van der Waals surface area contributed by atoms with Crippen molar-refractivity contribution in [3.8, 4) is 5.75 Å². The zero-order valence-corrected chi connectivity index (χ0v) is 13.3. The fourth-order valence-electron chi connectivity index (χ4n) is 2.16. The van der Waals surface area contributed by atoms with E-state index in [-0.39, 0.29) is 18.7 Å². The van der Waals surface area contributed by atoms with Crippen LogP contribution in [0.15, 0.2) is 18.2 Å². The van der Waals surface area contributed by atoms with Gasteiger partial charge in [0.15, 0.2) is 0 Å². The fourth-order valence-corrected chi connectivity index (χ4v) is 2.16. The monoisotopic (exact) mass is 294 g/mol. The standard InChI is InChI=1S/C16H26N2O3/c1-11(2)7-14(10-19)18-16(20)17-9-13-6-5-12(3)8-15(13)21-4/h5-6,8,11,14,19H,7,9-10H2,1-4H3,(H2,17,18,20). The van der Waals surface area contributed by atoms with Crippen LogP contribution in [0.3, 0.4) is 0 Å². The van der Waals surface area contributed by atoms with Gasteiger partial charge in [0, 0.05) is 12.1 Å². The lowest BCUT2D eigenvalue weighted by Gasteiger charge is -2.19. The minimum atomic E-state index is -0.280. The van der Waals surface area contributed by atoms with Gasteiger partial charge in [-0.1, -0.05) is 26.0 Å². The summed E-state index contributed by atoms with van der Waals surface area (Å²) in [6.07, 6.45) is 0.748. The predicted octanol–water partition coefficient (Wildman–Crippen LogP) is 2.21. The van der Waals surface area contributed by atoms with Crippen molar-refractivity contribution in [1.29, 1.82) is 0 Å². The number of carbonyl (C=O) groups is 1. The third-order valence-corrected chi connectivity index (χ3v) is 3.19. The van der Waals surface area contributed by atoms with E-state index in [4.69, 9.17) is 4.74 Å². The number of carbonyl (C=O) groups excluding carboxylic acids is 1. The first-order valence-corrected chi connectivity index (χ1v) is 7.25. The van der Waals surface area contributed by atoms with Gasteiger partial charge in [-0.25, -0.2) is 4.79 Å². The molecule has 0 aliphatic heterocycles. The predicted molar refractivity (Wildman–Crippen MR) is 83.4 cm³/mol. The molecule has 0 aliphatic carbocycles. The first-order chi connectivity index (χ1) is 9.96. The number of hydrogen-bond donors (Lipinski definition) is 3. The number of benzene rings is 1. The molecule has 5 heteroatoms. The zero-order valence-electron chi connectivity index (χ0n) is 13.3. The molecule has 1 aromatic rings. The van der Waals surface area contributed by atoms with Crippen LogP contribution in [-0.4, -0.2) is 30.9 Å². The van der Waals surface area contributed by atoms with Crippen molar-refractivity contribution in [2.45, 2.75) is 39.8 Å². The number of rotatable bonds is 7. The van der Waals surface area contributed by atoms with Crippen LogP contribution in [0.25, 0.3) is 0 Å². The van der Waals surface area contributed by atoms with Crippen molar-refractivity contribution < 1.29 is 14.6 Å². The molecule has 118 valence electrons. The van der Waals surface area contributed by atoms with E-state index < -0.39 is 0 Å². The lowest BCUT2D eigenvalue weighted by molar-refractivity contribution is 0.206. The summed E-state index contributed by atoms with van der Waals surface area (Å²) in [6, 6.07) is 5.35. The van der Waals surface area contributed by atoms with Crippen molar-refractivity contribution in [2.75, 3.05) is 13.7 Å². The molecule has 2 amide bonds. The third kappa shape index (κ3) is 6.04. The van der Waals surface area contributed by atoms with Crippen molar-refractivity contribution in [2.24, 2.45) is 5.92 Å². The topological polar surface area (TPSA) is 70.6 Å². The minimum Gasteiger partial charge on any atom is -0.496 e. The van der Waals surface area contributed by atoms with Gasteiger partial charge in [0.1, 0.15) is 5.75 Å². The average Bonchev–Trinajstić information content (AvgIpc) is 2.44. The fraction of sp³-hybridized carbons (Fsp3) is 0.562. The van der Waals surface area contributed by atoms with Gasteiger partial charge >= 0.3 is 6.03 Å². The molecule has 5 nitrogen and oxygen atoms in total. The summed E-state index contributed by atoms with van der Waals surface area (Å²) in [5, 5.41) is 14.8. The molecule has 0 aliphatic rings. The van der Waals surface area contributed by atoms with Crippen molar-refractivity contribution >= 4 is 6.03 Å². The maximum Gasteiger partial charge on any atom is 0.315 e. The molecule has 0 bridgehead atoms. The van der Waals surface area contributed by atoms with Crippen LogP contribution in [0, 0.1) is 12.8 Å². The maximum absolute atomic E-state index is 11.9. The average molecular weight is 294 g/mol. The summed E-state index contributed by atoms with van der Waals surface area (Å²) < 4.78 is 5.30. The highest BCUT2D eigenvalue weighted by Crippen LogP contribution is 2.19. The molecule has 0 saturated heterocycles. The van der Waals surface area contributed by atoms with E-state index in [1.165, 1.54) is 0 Å². The molecule has 0 spiro atoms. The Labute approximate surface area is 126 Å². The van der Waals surface area contributed by atoms with Crippen molar-refractivity contribution in [3.63, 3.8) is 0 Å². The van der Waals surface area contributed by atoms with Gasteiger partial charge in [-0.15, -0.1) is 0 Å². The van der Waals surface area contributed by atoms with Gasteiger partial charge in [-0.3, -0.25) is 0 Å². The first-order valence-electron chi connectivity index (χ1n) is 7.25. The Balaban J connectivity index is 2.52. The second kappa shape index (κ2) is 8.52. The Hall–Kier alpha value is -1.75. The second-order valence-corrected chi connectivity index (χ2v) is 5.65. The van der Waals surface area contributed by atoms with Gasteiger partial charge in [0.25, 0.3) is 0 Å². The number of aliphatic hydroxyl groups is 1. The van der Waals surface area contributed by atoms with E-state index in [1.54, 1.807) is 7.11 Å². The smallest absolute Gasteiger partial charge is 0.315 e. The molecule has 0 saturated carbocycles. The second-order valence-electron chi connectivity index (χ2n) is 5.65. The van der Waals surface area contributed by atoms with E-state index in [0.29, 0.717) is 12.5 Å². The van der Waals surface area contributed by atoms with Crippen LogP contribution in [-0.2, 0) is 6.54 Å². The number of aliphatic hydroxyl groups excluding tert-OH is 1. The van der Waals surface area contributed by atoms with Crippen LogP contribution < -0.4 is 15.4 Å². The SMILES string of the molecule is COc1cc(C)ccc1CNC(=O)NC(CO)CC(C)C. The van der Waals surface area contributed by atoms with Crippen LogP contribution >= 0.6 is 0 Å². The lowest BCUT2D eigenvalue weighted by Crippen LogP contribution is -2.44. The maximum atomic E-state index is 11.9. The van der Waals surface area contributed by atoms with Crippen LogP contribution in [0.5, 0.6) is 5.75 Å². The summed E-state index contributed by atoms with van der Waals surface area (Å²) in [4.78, 5) is 11.9. The molecule has 1 unspecified atom stereocenters. The van der Waals surface area contributed by atoms with Crippen molar-refractivity contribution in [1.82, 2.24) is 10.6 Å². The number of methoxy groups -OCH3 is 1. The number of aryl methyl sites for hydroxylation is 1. The molecule has 1 aromatic carbocycles. The molecule has 21 heavy (non-hydrogen) atoms. The van der Waals surface area contributed by atoms with Gasteiger partial charge in [0.05, 0.1) is 19.8 Å². The van der Waals surface area contributed by atoms with E-state index in [1.807, 2.05) is 25.1 Å². The largest absolute Gasteiger partial charge is 0.496 e. The molecule has 1 atom stereocenters. The number of ether oxygens (including phenoxy) is 1. The molecule has 1 rings (SSSR count). The Bertz CT molecular complexity index is 461. The molecule has 0 heterocycles. The van der Waals surface area contributed by atoms with Crippen LogP contribution in [0.1, 0.15) is 31.4 Å². The normalized spacial score (nSPS) is 12.1. The van der Waals surface area contributed by atoms with Crippen LogP contribution in [0.4, 0.5) is 4.79 Å². The van der Waals surface area contributed by atoms with Gasteiger partial charge in [-0.05, 0) is 30.9 Å². The molecule has 3 N–H and O–H groups in total. The summed E-state index contributed by atoms with van der Waals surface area (Å²) in [6.45, 7) is 6.43. The minimum absolute atomic E-state index is 0.0561. The van der Waals surface area contributed by atoms with E-state index in [2.05, 4.69) is 24.5 Å². The van der Waals surface area contributed by atoms with Gasteiger partial charge in [-0.2, -0.15) is 0 Å². The number of nitrogens with one attached hydrogen (secondary N) is 2. The number of urea groups is 1. The highest BCUT2D eigenvalue weighted by Gasteiger charge is 2.13. The highest BCUT2D eigenvalue weighted by atomic mass is 16.5.